The lowest BCUT2D eigenvalue weighted by Crippen LogP contribution is -2.31. The van der Waals surface area contributed by atoms with Crippen LogP contribution in [-0.4, -0.2) is 39.5 Å². The Hall–Kier alpha value is -1.91. The fraction of sp³-hybridized carbons (Fsp3) is 0.632. The maximum absolute atomic E-state index is 12.7. The zero-order valence-electron chi connectivity index (χ0n) is 15.1. The van der Waals surface area contributed by atoms with Crippen LogP contribution < -0.4 is 0 Å². The van der Waals surface area contributed by atoms with Gasteiger partial charge in [-0.3, -0.25) is 14.3 Å². The number of allylic oxidation sites excluding steroid dienone is 2. The molecule has 5 nitrogen and oxygen atoms in total. The Morgan fingerprint density at radius 2 is 1.79 bits per heavy atom. The van der Waals surface area contributed by atoms with Crippen molar-refractivity contribution in [3.05, 3.63) is 29.1 Å². The highest BCUT2D eigenvalue weighted by atomic mass is 16.2. The number of likely N-dealkylation sites (tertiary alicyclic amines) is 1. The number of carbonyl (C=O) groups is 2. The van der Waals surface area contributed by atoms with Gasteiger partial charge in [0, 0.05) is 25.2 Å². The van der Waals surface area contributed by atoms with Gasteiger partial charge in [-0.2, -0.15) is 5.10 Å². The molecule has 1 aromatic rings. The summed E-state index contributed by atoms with van der Waals surface area (Å²) in [5.41, 5.74) is 2.30. The molecule has 5 heteroatoms. The van der Waals surface area contributed by atoms with Crippen LogP contribution in [0.1, 0.15) is 60.9 Å². The molecule has 1 saturated heterocycles. The van der Waals surface area contributed by atoms with Gasteiger partial charge >= 0.3 is 0 Å². The normalized spacial score (nSPS) is 24.1. The van der Waals surface area contributed by atoms with Crippen molar-refractivity contribution in [3.8, 4) is 0 Å². The standard InChI is InChI=1S/C19H27N3O2/c1-12(22-14(3)19(15(4)23)13(2)20-22)9-18(24)21-10-16-7-5-6-8-17(16)11-21/h5-6,12,16-17H,7-11H2,1-4H3/t12?,16-,17+. The van der Waals surface area contributed by atoms with E-state index in [-0.39, 0.29) is 17.7 Å². The Morgan fingerprint density at radius 1 is 1.21 bits per heavy atom. The second kappa shape index (κ2) is 6.54. The first-order valence-corrected chi connectivity index (χ1v) is 8.88. The highest BCUT2D eigenvalue weighted by Crippen LogP contribution is 2.33. The molecular formula is C19H27N3O2. The van der Waals surface area contributed by atoms with Crippen LogP contribution in [0.5, 0.6) is 0 Å². The lowest BCUT2D eigenvalue weighted by atomic mass is 9.86. The van der Waals surface area contributed by atoms with E-state index in [2.05, 4.69) is 17.3 Å². The molecular weight excluding hydrogens is 302 g/mol. The first-order valence-electron chi connectivity index (χ1n) is 8.88. The Balaban J connectivity index is 1.67. The van der Waals surface area contributed by atoms with Gasteiger partial charge in [-0.1, -0.05) is 12.2 Å². The zero-order chi connectivity index (χ0) is 17.4. The Labute approximate surface area is 143 Å². The fourth-order valence-corrected chi connectivity index (χ4v) is 4.29. The monoisotopic (exact) mass is 329 g/mol. The second-order valence-corrected chi connectivity index (χ2v) is 7.36. The van der Waals surface area contributed by atoms with E-state index in [1.807, 2.05) is 30.4 Å². The van der Waals surface area contributed by atoms with Gasteiger partial charge in [-0.15, -0.1) is 0 Å². The summed E-state index contributed by atoms with van der Waals surface area (Å²) in [6.45, 7) is 9.11. The average molecular weight is 329 g/mol. The van der Waals surface area contributed by atoms with Crippen molar-refractivity contribution in [1.82, 2.24) is 14.7 Å². The predicted octanol–water partition coefficient (Wildman–Crippen LogP) is 3.08. The van der Waals surface area contributed by atoms with Gasteiger partial charge in [0.15, 0.2) is 5.78 Å². The minimum Gasteiger partial charge on any atom is -0.342 e. The van der Waals surface area contributed by atoms with Gasteiger partial charge < -0.3 is 4.90 Å². The van der Waals surface area contributed by atoms with Crippen LogP contribution in [0.2, 0.25) is 0 Å². The molecule has 3 atom stereocenters. The van der Waals surface area contributed by atoms with Crippen LogP contribution in [0.3, 0.4) is 0 Å². The summed E-state index contributed by atoms with van der Waals surface area (Å²) in [5.74, 6) is 1.50. The largest absolute Gasteiger partial charge is 0.342 e. The Morgan fingerprint density at radius 3 is 2.29 bits per heavy atom. The van der Waals surface area contributed by atoms with Crippen molar-refractivity contribution >= 4 is 11.7 Å². The molecule has 130 valence electrons. The minimum absolute atomic E-state index is 0.0332. The lowest BCUT2D eigenvalue weighted by Gasteiger charge is -2.20. The number of carbonyl (C=O) groups excluding carboxylic acids is 2. The van der Waals surface area contributed by atoms with Gasteiger partial charge in [0.25, 0.3) is 0 Å². The molecule has 1 amide bonds. The number of rotatable bonds is 4. The number of fused-ring (bicyclic) bond motifs is 1. The molecule has 0 bridgehead atoms. The second-order valence-electron chi connectivity index (χ2n) is 7.36. The molecule has 0 saturated carbocycles. The highest BCUT2D eigenvalue weighted by Gasteiger charge is 2.35. The Bertz CT molecular complexity index is 673. The summed E-state index contributed by atoms with van der Waals surface area (Å²) in [4.78, 5) is 26.5. The predicted molar refractivity (Wildman–Crippen MR) is 93.0 cm³/mol. The number of nitrogens with zero attached hydrogens (tertiary/aromatic N) is 3. The molecule has 1 aliphatic carbocycles. The number of amides is 1. The summed E-state index contributed by atoms with van der Waals surface area (Å²) < 4.78 is 1.84. The third-order valence-corrected chi connectivity index (χ3v) is 5.54. The maximum Gasteiger partial charge on any atom is 0.224 e. The van der Waals surface area contributed by atoms with Crippen molar-refractivity contribution in [2.24, 2.45) is 11.8 Å². The summed E-state index contributed by atoms with van der Waals surface area (Å²) >= 11 is 0. The van der Waals surface area contributed by atoms with E-state index in [1.54, 1.807) is 6.92 Å². The highest BCUT2D eigenvalue weighted by molar-refractivity contribution is 5.96. The number of Topliss-reactive ketones (excluding diaryl/α,β-unsaturated/α-hetero) is 1. The quantitative estimate of drug-likeness (QED) is 0.630. The minimum atomic E-state index is -0.0370. The van der Waals surface area contributed by atoms with Crippen molar-refractivity contribution < 1.29 is 9.59 Å². The van der Waals surface area contributed by atoms with Gasteiger partial charge in [-0.05, 0) is 52.4 Å². The average Bonchev–Trinajstić information content (AvgIpc) is 3.08. The van der Waals surface area contributed by atoms with E-state index in [4.69, 9.17) is 0 Å². The lowest BCUT2D eigenvalue weighted by molar-refractivity contribution is -0.131. The maximum atomic E-state index is 12.7. The molecule has 2 heterocycles. The summed E-state index contributed by atoms with van der Waals surface area (Å²) in [5, 5.41) is 4.50. The van der Waals surface area contributed by atoms with E-state index < -0.39 is 0 Å². The molecule has 1 unspecified atom stereocenters. The molecule has 1 aliphatic heterocycles. The Kier molecular flexibility index (Phi) is 4.61. The van der Waals surface area contributed by atoms with E-state index >= 15 is 0 Å². The van der Waals surface area contributed by atoms with Crippen LogP contribution in [0.25, 0.3) is 0 Å². The van der Waals surface area contributed by atoms with E-state index in [0.29, 0.717) is 23.8 Å². The molecule has 1 aromatic heterocycles. The molecule has 0 N–H and O–H groups in total. The third-order valence-electron chi connectivity index (χ3n) is 5.54. The van der Waals surface area contributed by atoms with Crippen molar-refractivity contribution in [1.29, 1.82) is 0 Å². The molecule has 1 fully saturated rings. The molecule has 3 rings (SSSR count). The van der Waals surface area contributed by atoms with Gasteiger partial charge in [0.1, 0.15) is 0 Å². The third kappa shape index (κ3) is 3.04. The van der Waals surface area contributed by atoms with Crippen molar-refractivity contribution in [2.75, 3.05) is 13.1 Å². The van der Waals surface area contributed by atoms with Gasteiger partial charge in [-0.25, -0.2) is 0 Å². The molecule has 0 spiro atoms. The van der Waals surface area contributed by atoms with Crippen molar-refractivity contribution in [2.45, 2.75) is 53.0 Å². The van der Waals surface area contributed by atoms with Crippen molar-refractivity contribution in [3.63, 3.8) is 0 Å². The van der Waals surface area contributed by atoms with Crippen LogP contribution >= 0.6 is 0 Å². The molecule has 0 aromatic carbocycles. The number of aryl methyl sites for hydroxylation is 1. The number of aromatic nitrogens is 2. The first kappa shape index (κ1) is 16.9. The molecule has 2 aliphatic rings. The summed E-state index contributed by atoms with van der Waals surface area (Å²) in [6, 6.07) is -0.0370. The van der Waals surface area contributed by atoms with E-state index in [9.17, 15) is 9.59 Å². The first-order chi connectivity index (χ1) is 11.4. The van der Waals surface area contributed by atoms with Gasteiger partial charge in [0.2, 0.25) is 5.91 Å². The van der Waals surface area contributed by atoms with E-state index in [0.717, 1.165) is 37.3 Å². The van der Waals surface area contributed by atoms with Crippen LogP contribution in [0, 0.1) is 25.7 Å². The smallest absolute Gasteiger partial charge is 0.224 e. The SMILES string of the molecule is CC(=O)c1c(C)nn(C(C)CC(=O)N2C[C@H]3CC=CC[C@H]3C2)c1C. The number of hydrogen-bond donors (Lipinski definition) is 0. The van der Waals surface area contributed by atoms with Crippen LogP contribution in [0.4, 0.5) is 0 Å². The number of hydrogen-bond acceptors (Lipinski definition) is 3. The molecule has 24 heavy (non-hydrogen) atoms. The zero-order valence-corrected chi connectivity index (χ0v) is 15.1. The van der Waals surface area contributed by atoms with Crippen LogP contribution in [-0.2, 0) is 4.79 Å². The van der Waals surface area contributed by atoms with Crippen LogP contribution in [0.15, 0.2) is 12.2 Å². The topological polar surface area (TPSA) is 55.2 Å². The number of ketones is 1. The van der Waals surface area contributed by atoms with Gasteiger partial charge in [0.05, 0.1) is 17.3 Å². The molecule has 0 radical (unpaired) electrons. The summed E-state index contributed by atoms with van der Waals surface area (Å²) in [7, 11) is 0. The van der Waals surface area contributed by atoms with E-state index in [1.165, 1.54) is 0 Å². The summed E-state index contributed by atoms with van der Waals surface area (Å²) in [6.07, 6.45) is 7.13. The fourth-order valence-electron chi connectivity index (χ4n) is 4.29.